The fourth-order valence-corrected chi connectivity index (χ4v) is 3.60. The van der Waals surface area contributed by atoms with E-state index in [0.717, 1.165) is 45.1 Å². The molecule has 0 radical (unpaired) electrons. The number of nitrogens with zero attached hydrogens (tertiary/aromatic N) is 2. The van der Waals surface area contributed by atoms with Gasteiger partial charge in [-0.1, -0.05) is 12.1 Å². The normalized spacial score (nSPS) is 11.1. The Morgan fingerprint density at radius 2 is 0.861 bits per heavy atom. The van der Waals surface area contributed by atoms with Gasteiger partial charge in [0.05, 0.1) is 28.4 Å². The maximum atomic E-state index is 5.62. The molecule has 4 aromatic carbocycles. The molecule has 4 aromatic rings. The van der Waals surface area contributed by atoms with Crippen LogP contribution in [-0.4, -0.2) is 40.9 Å². The summed E-state index contributed by atoms with van der Waals surface area (Å²) in [6, 6.07) is 27.3. The molecule has 0 saturated carbocycles. The summed E-state index contributed by atoms with van der Waals surface area (Å²) < 4.78 is 21.6. The Balaban J connectivity index is 1.55. The molecule has 0 aliphatic carbocycles. The average molecular weight is 481 g/mol. The summed E-state index contributed by atoms with van der Waals surface area (Å²) in [5, 5.41) is 0. The maximum Gasteiger partial charge on any atom is 0.145 e. The summed E-state index contributed by atoms with van der Waals surface area (Å²) in [6.07, 6.45) is 3.60. The Morgan fingerprint density at radius 1 is 0.472 bits per heavy atom. The smallest absolute Gasteiger partial charge is 0.145 e. The molecule has 0 fully saturated rings. The minimum Gasteiger partial charge on any atom is -0.497 e. The van der Waals surface area contributed by atoms with Gasteiger partial charge in [0.1, 0.15) is 34.4 Å². The number of hydrogen-bond donors (Lipinski definition) is 0. The van der Waals surface area contributed by atoms with Crippen LogP contribution in [0.1, 0.15) is 11.1 Å². The van der Waals surface area contributed by atoms with Crippen LogP contribution >= 0.6 is 0 Å². The average Bonchev–Trinajstić information content (AvgIpc) is 2.95. The largest absolute Gasteiger partial charge is 0.497 e. The number of rotatable bonds is 9. The zero-order valence-corrected chi connectivity index (χ0v) is 20.8. The van der Waals surface area contributed by atoms with Crippen LogP contribution in [0.25, 0.3) is 11.1 Å². The summed E-state index contributed by atoms with van der Waals surface area (Å²) >= 11 is 0. The monoisotopic (exact) mass is 480 g/mol. The fourth-order valence-electron chi connectivity index (χ4n) is 3.60. The fraction of sp³-hybridized carbons (Fsp3) is 0.133. The number of ether oxygens (including phenoxy) is 4. The first-order valence-corrected chi connectivity index (χ1v) is 11.4. The second kappa shape index (κ2) is 11.7. The van der Waals surface area contributed by atoms with Crippen molar-refractivity contribution in [3.63, 3.8) is 0 Å². The topological polar surface area (TPSA) is 61.6 Å². The van der Waals surface area contributed by atoms with Crippen LogP contribution in [0.3, 0.4) is 0 Å². The highest BCUT2D eigenvalue weighted by Crippen LogP contribution is 2.36. The van der Waals surface area contributed by atoms with Gasteiger partial charge in [-0.05, 0) is 95.1 Å². The third-order valence-electron chi connectivity index (χ3n) is 5.63. The summed E-state index contributed by atoms with van der Waals surface area (Å²) in [5.41, 5.74) is 5.39. The lowest BCUT2D eigenvalue weighted by Gasteiger charge is -2.11. The summed E-state index contributed by atoms with van der Waals surface area (Å²) in [6.45, 7) is 0. The molecule has 0 aliphatic heterocycles. The second-order valence-corrected chi connectivity index (χ2v) is 7.84. The molecule has 0 aromatic heterocycles. The van der Waals surface area contributed by atoms with Crippen molar-refractivity contribution in [2.75, 3.05) is 28.4 Å². The van der Waals surface area contributed by atoms with Crippen LogP contribution in [0, 0.1) is 0 Å². The van der Waals surface area contributed by atoms with Gasteiger partial charge in [-0.2, -0.15) is 0 Å². The van der Waals surface area contributed by atoms with Gasteiger partial charge in [0, 0.05) is 12.4 Å². The predicted molar refractivity (Wildman–Crippen MR) is 145 cm³/mol. The summed E-state index contributed by atoms with van der Waals surface area (Å²) in [4.78, 5) is 9.21. The van der Waals surface area contributed by atoms with E-state index < -0.39 is 0 Å². The van der Waals surface area contributed by atoms with E-state index in [4.69, 9.17) is 18.9 Å². The van der Waals surface area contributed by atoms with Gasteiger partial charge in [-0.25, -0.2) is 0 Å². The van der Waals surface area contributed by atoms with Gasteiger partial charge in [0.2, 0.25) is 0 Å². The second-order valence-electron chi connectivity index (χ2n) is 7.84. The quantitative estimate of drug-likeness (QED) is 0.245. The molecular weight excluding hydrogens is 452 g/mol. The van der Waals surface area contributed by atoms with Crippen molar-refractivity contribution < 1.29 is 18.9 Å². The lowest BCUT2D eigenvalue weighted by atomic mass is 10.0. The number of hydrogen-bond acceptors (Lipinski definition) is 6. The van der Waals surface area contributed by atoms with E-state index in [0.29, 0.717) is 11.5 Å². The highest BCUT2D eigenvalue weighted by Gasteiger charge is 2.09. The van der Waals surface area contributed by atoms with Gasteiger partial charge in [-0.15, -0.1) is 0 Å². The standard InChI is InChI=1S/C30H28N2O4/c1-33-25-11-5-21(6-12-25)19-31-27-15-9-23(17-29(27)35-3)24-10-16-28(30(18-24)36-4)32-20-22-7-13-26(34-2)14-8-22/h5-20H,1-4H3. The van der Waals surface area contributed by atoms with Crippen LogP contribution < -0.4 is 18.9 Å². The van der Waals surface area contributed by atoms with Crippen LogP contribution in [0.2, 0.25) is 0 Å². The minimum atomic E-state index is 0.679. The highest BCUT2D eigenvalue weighted by molar-refractivity contribution is 5.85. The lowest BCUT2D eigenvalue weighted by molar-refractivity contribution is 0.414. The van der Waals surface area contributed by atoms with E-state index >= 15 is 0 Å². The Hall–Kier alpha value is -4.58. The Bertz CT molecular complexity index is 1250. The van der Waals surface area contributed by atoms with Crippen molar-refractivity contribution in [3.8, 4) is 34.1 Å². The maximum absolute atomic E-state index is 5.62. The number of aliphatic imine (C=N–C) groups is 2. The summed E-state index contributed by atoms with van der Waals surface area (Å²) in [5.74, 6) is 2.97. The third kappa shape index (κ3) is 5.91. The molecule has 0 aliphatic rings. The van der Waals surface area contributed by atoms with Crippen molar-refractivity contribution in [3.05, 3.63) is 96.1 Å². The SMILES string of the molecule is COc1ccc(C=Nc2ccc(-c3ccc(N=Cc4ccc(OC)cc4)c(OC)c3)cc2OC)cc1. The molecule has 182 valence electrons. The summed E-state index contributed by atoms with van der Waals surface area (Å²) in [7, 11) is 6.58. The molecular formula is C30H28N2O4. The van der Waals surface area contributed by atoms with Crippen LogP contribution in [0.15, 0.2) is 94.9 Å². The highest BCUT2D eigenvalue weighted by atomic mass is 16.5. The van der Waals surface area contributed by atoms with E-state index in [1.54, 1.807) is 40.9 Å². The Kier molecular flexibility index (Phi) is 7.98. The van der Waals surface area contributed by atoms with Gasteiger partial charge in [0.25, 0.3) is 0 Å². The molecule has 0 N–H and O–H groups in total. The molecule has 0 unspecified atom stereocenters. The molecule has 0 amide bonds. The molecule has 0 heterocycles. The number of methoxy groups -OCH3 is 4. The molecule has 6 heteroatoms. The van der Waals surface area contributed by atoms with E-state index in [2.05, 4.69) is 9.98 Å². The lowest BCUT2D eigenvalue weighted by Crippen LogP contribution is -1.89. The van der Waals surface area contributed by atoms with Crippen molar-refractivity contribution in [1.82, 2.24) is 0 Å². The van der Waals surface area contributed by atoms with Crippen molar-refractivity contribution in [1.29, 1.82) is 0 Å². The van der Waals surface area contributed by atoms with Crippen LogP contribution in [-0.2, 0) is 0 Å². The molecule has 36 heavy (non-hydrogen) atoms. The van der Waals surface area contributed by atoms with Crippen molar-refractivity contribution in [2.45, 2.75) is 0 Å². The first kappa shape index (κ1) is 24.5. The van der Waals surface area contributed by atoms with Crippen molar-refractivity contribution in [2.24, 2.45) is 9.98 Å². The first-order valence-electron chi connectivity index (χ1n) is 11.4. The van der Waals surface area contributed by atoms with E-state index in [1.807, 2.05) is 84.9 Å². The first-order chi connectivity index (χ1) is 17.6. The van der Waals surface area contributed by atoms with Crippen LogP contribution in [0.5, 0.6) is 23.0 Å². The Morgan fingerprint density at radius 3 is 1.19 bits per heavy atom. The predicted octanol–water partition coefficient (Wildman–Crippen LogP) is 6.89. The molecule has 0 atom stereocenters. The van der Waals surface area contributed by atoms with E-state index in [1.165, 1.54) is 0 Å². The van der Waals surface area contributed by atoms with Crippen molar-refractivity contribution >= 4 is 23.8 Å². The molecule has 0 spiro atoms. The zero-order valence-electron chi connectivity index (χ0n) is 20.8. The van der Waals surface area contributed by atoms with Gasteiger partial charge >= 0.3 is 0 Å². The zero-order chi connectivity index (χ0) is 25.3. The van der Waals surface area contributed by atoms with E-state index in [9.17, 15) is 0 Å². The third-order valence-corrected chi connectivity index (χ3v) is 5.63. The Labute approximate surface area is 211 Å². The van der Waals surface area contributed by atoms with Gasteiger partial charge in [0.15, 0.2) is 0 Å². The molecule has 0 saturated heterocycles. The molecule has 0 bridgehead atoms. The molecule has 4 rings (SSSR count). The van der Waals surface area contributed by atoms with E-state index in [-0.39, 0.29) is 0 Å². The number of benzene rings is 4. The van der Waals surface area contributed by atoms with Gasteiger partial charge < -0.3 is 18.9 Å². The molecule has 6 nitrogen and oxygen atoms in total. The van der Waals surface area contributed by atoms with Crippen LogP contribution in [0.4, 0.5) is 11.4 Å². The minimum absolute atomic E-state index is 0.679. The van der Waals surface area contributed by atoms with Gasteiger partial charge in [-0.3, -0.25) is 9.98 Å².